The van der Waals surface area contributed by atoms with Crippen molar-refractivity contribution in [2.24, 2.45) is 5.92 Å². The molecule has 0 radical (unpaired) electrons. The fraction of sp³-hybridized carbons (Fsp3) is 0.625. The maximum absolute atomic E-state index is 13.5. The summed E-state index contributed by atoms with van der Waals surface area (Å²) < 4.78 is 37.5. The van der Waals surface area contributed by atoms with Gasteiger partial charge in [-0.3, -0.25) is 14.5 Å². The fourth-order valence-electron chi connectivity index (χ4n) is 4.66. The van der Waals surface area contributed by atoms with Gasteiger partial charge in [0.2, 0.25) is 5.91 Å². The Kier molecular flexibility index (Phi) is 7.53. The van der Waals surface area contributed by atoms with Gasteiger partial charge in [-0.1, -0.05) is 12.8 Å². The molecule has 0 aromatic heterocycles. The van der Waals surface area contributed by atoms with Gasteiger partial charge in [-0.25, -0.2) is 4.79 Å². The van der Waals surface area contributed by atoms with Crippen LogP contribution in [-0.2, 0) is 4.79 Å². The summed E-state index contributed by atoms with van der Waals surface area (Å²) in [6.07, 6.45) is 0.0182. The van der Waals surface area contributed by atoms with Crippen molar-refractivity contribution in [3.63, 3.8) is 0 Å². The Morgan fingerprint density at radius 1 is 1.14 bits per heavy atom. The Balaban J connectivity index is 1.44. The zero-order valence-corrected chi connectivity index (χ0v) is 19.8. The molecule has 1 aromatic carbocycles. The SMILES string of the molecule is C[C@H]1CC(=O)Nc2cc(C(=O)NCCC3CC3)ccc2N1C(=O)N1CCC(NCC(F)(F)F)CC1. The predicted octanol–water partition coefficient (Wildman–Crippen LogP) is 3.49. The first-order chi connectivity index (χ1) is 16.6. The third-order valence-corrected chi connectivity index (χ3v) is 6.81. The number of hydrogen-bond acceptors (Lipinski definition) is 4. The second-order valence-electron chi connectivity index (χ2n) is 9.73. The van der Waals surface area contributed by atoms with Gasteiger partial charge in [-0.2, -0.15) is 13.2 Å². The van der Waals surface area contributed by atoms with Crippen LogP contribution in [0, 0.1) is 5.92 Å². The summed E-state index contributed by atoms with van der Waals surface area (Å²) in [4.78, 5) is 41.7. The van der Waals surface area contributed by atoms with Crippen molar-refractivity contribution in [2.45, 2.75) is 63.7 Å². The molecule has 2 aliphatic heterocycles. The lowest BCUT2D eigenvalue weighted by molar-refractivity contribution is -0.126. The second-order valence-corrected chi connectivity index (χ2v) is 9.73. The smallest absolute Gasteiger partial charge is 0.352 e. The van der Waals surface area contributed by atoms with Crippen molar-refractivity contribution >= 4 is 29.2 Å². The highest BCUT2D eigenvalue weighted by Crippen LogP contribution is 2.34. The van der Waals surface area contributed by atoms with E-state index in [0.29, 0.717) is 55.3 Å². The van der Waals surface area contributed by atoms with Crippen molar-refractivity contribution in [3.05, 3.63) is 23.8 Å². The van der Waals surface area contributed by atoms with E-state index in [2.05, 4.69) is 16.0 Å². The molecular formula is C24H32F3N5O3. The summed E-state index contributed by atoms with van der Waals surface area (Å²) in [5, 5.41) is 8.23. The molecule has 1 saturated carbocycles. The molecule has 4 rings (SSSR count). The Morgan fingerprint density at radius 3 is 2.51 bits per heavy atom. The number of nitrogens with one attached hydrogen (secondary N) is 3. The van der Waals surface area contributed by atoms with Crippen molar-refractivity contribution in [3.8, 4) is 0 Å². The van der Waals surface area contributed by atoms with Crippen LogP contribution in [0.5, 0.6) is 0 Å². The Bertz CT molecular complexity index is 958. The Morgan fingerprint density at radius 2 is 1.86 bits per heavy atom. The minimum atomic E-state index is -4.27. The highest BCUT2D eigenvalue weighted by atomic mass is 19.4. The number of hydrogen-bond donors (Lipinski definition) is 3. The number of rotatable bonds is 6. The summed E-state index contributed by atoms with van der Waals surface area (Å²) in [6.45, 7) is 1.96. The molecule has 11 heteroatoms. The first-order valence-corrected chi connectivity index (χ1v) is 12.2. The van der Waals surface area contributed by atoms with Crippen molar-refractivity contribution in [1.29, 1.82) is 0 Å². The van der Waals surface area contributed by atoms with E-state index < -0.39 is 18.8 Å². The maximum Gasteiger partial charge on any atom is 0.401 e. The quantitative estimate of drug-likeness (QED) is 0.563. The number of amides is 4. The van der Waals surface area contributed by atoms with Gasteiger partial charge in [0.05, 0.1) is 17.9 Å². The van der Waals surface area contributed by atoms with Crippen LogP contribution in [0.4, 0.5) is 29.3 Å². The molecule has 4 amide bonds. The third-order valence-electron chi connectivity index (χ3n) is 6.81. The van der Waals surface area contributed by atoms with Crippen molar-refractivity contribution in [1.82, 2.24) is 15.5 Å². The zero-order chi connectivity index (χ0) is 25.2. The third kappa shape index (κ3) is 6.65. The number of carbonyl (C=O) groups excluding carboxylic acids is 3. The molecule has 2 fully saturated rings. The van der Waals surface area contributed by atoms with Gasteiger partial charge in [0.15, 0.2) is 0 Å². The minimum Gasteiger partial charge on any atom is -0.352 e. The van der Waals surface area contributed by atoms with Gasteiger partial charge in [0.1, 0.15) is 0 Å². The standard InChI is InChI=1S/C24H32F3N5O3/c1-15-12-21(33)30-19-13-17(22(34)28-9-6-16-2-3-16)4-5-20(19)32(15)23(35)31-10-7-18(8-11-31)29-14-24(25,26)27/h4-5,13,15-16,18,29H,2-3,6-12,14H2,1H3,(H,28,34)(H,30,33)/t15-/m0/s1. The molecule has 0 unspecified atom stereocenters. The van der Waals surface area contributed by atoms with E-state index in [1.165, 1.54) is 12.8 Å². The molecule has 0 spiro atoms. The monoisotopic (exact) mass is 495 g/mol. The molecule has 192 valence electrons. The van der Waals surface area contributed by atoms with Crippen LogP contribution in [0.1, 0.15) is 55.8 Å². The number of nitrogens with zero attached hydrogens (tertiary/aromatic N) is 2. The molecule has 3 aliphatic rings. The number of alkyl halides is 3. The lowest BCUT2D eigenvalue weighted by Gasteiger charge is -2.38. The molecule has 2 heterocycles. The van der Waals surface area contributed by atoms with Crippen LogP contribution >= 0.6 is 0 Å². The van der Waals surface area contributed by atoms with E-state index in [0.717, 1.165) is 6.42 Å². The van der Waals surface area contributed by atoms with Crippen molar-refractivity contribution in [2.75, 3.05) is 36.4 Å². The number of urea groups is 1. The maximum atomic E-state index is 13.5. The number of halogens is 3. The molecule has 1 atom stereocenters. The summed E-state index contributed by atoms with van der Waals surface area (Å²) >= 11 is 0. The Hall–Kier alpha value is -2.82. The van der Waals surface area contributed by atoms with Crippen LogP contribution in [0.2, 0.25) is 0 Å². The number of anilines is 2. The van der Waals surface area contributed by atoms with E-state index in [1.807, 2.05) is 0 Å². The van der Waals surface area contributed by atoms with E-state index in [1.54, 1.807) is 34.9 Å². The first kappa shape index (κ1) is 25.3. The van der Waals surface area contributed by atoms with E-state index in [4.69, 9.17) is 0 Å². The number of likely N-dealkylation sites (tertiary alicyclic amines) is 1. The molecular weight excluding hydrogens is 463 g/mol. The highest BCUT2D eigenvalue weighted by Gasteiger charge is 2.35. The van der Waals surface area contributed by atoms with Crippen LogP contribution in [0.25, 0.3) is 0 Å². The Labute approximate surface area is 202 Å². The van der Waals surface area contributed by atoms with Gasteiger partial charge >= 0.3 is 12.2 Å². The molecule has 1 saturated heterocycles. The van der Waals surface area contributed by atoms with Crippen LogP contribution < -0.4 is 20.9 Å². The number of benzene rings is 1. The normalized spacial score (nSPS) is 21.3. The first-order valence-electron chi connectivity index (χ1n) is 12.2. The molecule has 1 aliphatic carbocycles. The number of carbonyl (C=O) groups is 3. The average molecular weight is 496 g/mol. The van der Waals surface area contributed by atoms with Crippen molar-refractivity contribution < 1.29 is 27.6 Å². The predicted molar refractivity (Wildman–Crippen MR) is 125 cm³/mol. The lowest BCUT2D eigenvalue weighted by atomic mass is 10.0. The van der Waals surface area contributed by atoms with Gasteiger partial charge in [-0.05, 0) is 50.3 Å². The summed E-state index contributed by atoms with van der Waals surface area (Å²) in [7, 11) is 0. The largest absolute Gasteiger partial charge is 0.401 e. The molecule has 1 aromatic rings. The number of fused-ring (bicyclic) bond motifs is 1. The second kappa shape index (κ2) is 10.4. The van der Waals surface area contributed by atoms with E-state index in [9.17, 15) is 27.6 Å². The summed E-state index contributed by atoms with van der Waals surface area (Å²) in [5.41, 5.74) is 1.29. The van der Waals surface area contributed by atoms with Gasteiger partial charge in [0.25, 0.3) is 5.91 Å². The van der Waals surface area contributed by atoms with Crippen LogP contribution in [-0.4, -0.2) is 67.2 Å². The van der Waals surface area contributed by atoms with Gasteiger partial charge in [0, 0.05) is 43.7 Å². The minimum absolute atomic E-state index is 0.0902. The fourth-order valence-corrected chi connectivity index (χ4v) is 4.66. The molecule has 3 N–H and O–H groups in total. The lowest BCUT2D eigenvalue weighted by Crippen LogP contribution is -2.52. The summed E-state index contributed by atoms with van der Waals surface area (Å²) in [5.74, 6) is 0.217. The topological polar surface area (TPSA) is 93.8 Å². The number of piperidine rings is 1. The molecule has 35 heavy (non-hydrogen) atoms. The average Bonchev–Trinajstić information content (AvgIpc) is 3.63. The summed E-state index contributed by atoms with van der Waals surface area (Å²) in [6, 6.07) is 3.87. The highest BCUT2D eigenvalue weighted by molar-refractivity contribution is 6.06. The zero-order valence-electron chi connectivity index (χ0n) is 19.8. The van der Waals surface area contributed by atoms with E-state index >= 15 is 0 Å². The molecule has 8 nitrogen and oxygen atoms in total. The van der Waals surface area contributed by atoms with Crippen LogP contribution in [0.3, 0.4) is 0 Å². The van der Waals surface area contributed by atoms with Gasteiger partial charge < -0.3 is 20.9 Å². The van der Waals surface area contributed by atoms with E-state index in [-0.39, 0.29) is 30.3 Å². The van der Waals surface area contributed by atoms with Crippen LogP contribution in [0.15, 0.2) is 18.2 Å². The van der Waals surface area contributed by atoms with Gasteiger partial charge in [-0.15, -0.1) is 0 Å². The molecule has 0 bridgehead atoms.